The van der Waals surface area contributed by atoms with Gasteiger partial charge in [0.25, 0.3) is 0 Å². The van der Waals surface area contributed by atoms with Crippen LogP contribution < -0.4 is 5.32 Å². The third-order valence-corrected chi connectivity index (χ3v) is 6.86. The van der Waals surface area contributed by atoms with Crippen LogP contribution in [-0.4, -0.2) is 50.1 Å². The number of thiazole rings is 1. The summed E-state index contributed by atoms with van der Waals surface area (Å²) < 4.78 is 2.01. The lowest BCUT2D eigenvalue weighted by molar-refractivity contribution is -0.132. The van der Waals surface area contributed by atoms with E-state index in [1.54, 1.807) is 17.3 Å². The molecule has 162 valence electrons. The van der Waals surface area contributed by atoms with Crippen LogP contribution in [0.5, 0.6) is 0 Å². The molecule has 0 radical (unpaired) electrons. The fourth-order valence-electron chi connectivity index (χ4n) is 3.81. The lowest BCUT2D eigenvalue weighted by atomic mass is 9.97. The van der Waals surface area contributed by atoms with E-state index in [9.17, 15) is 9.59 Å². The van der Waals surface area contributed by atoms with Gasteiger partial charge in [-0.05, 0) is 49.9 Å². The minimum Gasteiger partial charge on any atom is -0.341 e. The second-order valence-corrected chi connectivity index (χ2v) is 9.56. The molecule has 3 aromatic rings. The van der Waals surface area contributed by atoms with E-state index in [4.69, 9.17) is 0 Å². The van der Waals surface area contributed by atoms with E-state index in [1.807, 2.05) is 16.1 Å². The van der Waals surface area contributed by atoms with Crippen molar-refractivity contribution in [2.24, 2.45) is 5.92 Å². The van der Waals surface area contributed by atoms with Gasteiger partial charge in [-0.15, -0.1) is 11.3 Å². The van der Waals surface area contributed by atoms with Crippen molar-refractivity contribution in [3.05, 3.63) is 53.3 Å². The van der Waals surface area contributed by atoms with Gasteiger partial charge in [-0.25, -0.2) is 9.97 Å². The van der Waals surface area contributed by atoms with Gasteiger partial charge in [-0.2, -0.15) is 0 Å². The molecule has 1 N–H and O–H groups in total. The van der Waals surface area contributed by atoms with Crippen molar-refractivity contribution >= 4 is 40.0 Å². The number of benzene rings is 1. The summed E-state index contributed by atoms with van der Waals surface area (Å²) >= 11 is 2.82. The Morgan fingerprint density at radius 2 is 2.00 bits per heavy atom. The number of hydrogen-bond acceptors (Lipinski definition) is 6. The van der Waals surface area contributed by atoms with E-state index in [1.165, 1.54) is 34.2 Å². The third kappa shape index (κ3) is 5.34. The minimum atomic E-state index is -0.205. The van der Waals surface area contributed by atoms with Gasteiger partial charge in [0.1, 0.15) is 0 Å². The van der Waals surface area contributed by atoms with Crippen molar-refractivity contribution in [1.29, 1.82) is 0 Å². The first-order valence-corrected chi connectivity index (χ1v) is 12.1. The Kier molecular flexibility index (Phi) is 6.72. The molecule has 1 aliphatic rings. The van der Waals surface area contributed by atoms with Crippen LogP contribution in [0.1, 0.15) is 24.0 Å². The Hall–Kier alpha value is -2.65. The number of aryl methyl sites for hydroxylation is 2. The van der Waals surface area contributed by atoms with E-state index in [-0.39, 0.29) is 17.7 Å². The van der Waals surface area contributed by atoms with Crippen LogP contribution in [0.3, 0.4) is 0 Å². The molecular formula is C22H25N5O2S2. The van der Waals surface area contributed by atoms with Crippen LogP contribution in [0.25, 0.3) is 5.69 Å². The van der Waals surface area contributed by atoms with Gasteiger partial charge in [-0.3, -0.25) is 14.2 Å². The van der Waals surface area contributed by atoms with Crippen molar-refractivity contribution in [3.8, 4) is 5.69 Å². The summed E-state index contributed by atoms with van der Waals surface area (Å²) in [7, 11) is 0. The van der Waals surface area contributed by atoms with Crippen LogP contribution in [0.15, 0.2) is 47.3 Å². The third-order valence-electron chi connectivity index (χ3n) is 5.22. The molecule has 9 heteroatoms. The number of hydrogen-bond donors (Lipinski definition) is 1. The monoisotopic (exact) mass is 455 g/mol. The summed E-state index contributed by atoms with van der Waals surface area (Å²) in [6.45, 7) is 5.27. The molecule has 3 heterocycles. The summed E-state index contributed by atoms with van der Waals surface area (Å²) in [6, 6.07) is 6.35. The molecule has 0 bridgehead atoms. The molecule has 1 aromatic carbocycles. The number of piperidine rings is 1. The summed E-state index contributed by atoms with van der Waals surface area (Å²) in [4.78, 5) is 35.7. The number of imidazole rings is 1. The molecular weight excluding hydrogens is 430 g/mol. The second-order valence-electron chi connectivity index (χ2n) is 7.72. The van der Waals surface area contributed by atoms with Crippen molar-refractivity contribution in [2.45, 2.75) is 31.8 Å². The molecule has 31 heavy (non-hydrogen) atoms. The zero-order valence-electron chi connectivity index (χ0n) is 17.6. The first kappa shape index (κ1) is 21.6. The van der Waals surface area contributed by atoms with E-state index in [0.717, 1.165) is 23.7 Å². The predicted octanol–water partition coefficient (Wildman–Crippen LogP) is 3.92. The fourth-order valence-corrected chi connectivity index (χ4v) is 5.22. The number of likely N-dealkylation sites (tertiary alicyclic amines) is 1. The Morgan fingerprint density at radius 1 is 1.19 bits per heavy atom. The maximum Gasteiger partial charge on any atom is 0.233 e. The summed E-state index contributed by atoms with van der Waals surface area (Å²) in [5.74, 6) is 0.0591. The van der Waals surface area contributed by atoms with E-state index < -0.39 is 0 Å². The summed E-state index contributed by atoms with van der Waals surface area (Å²) in [6.07, 6.45) is 6.94. The number of aromatic nitrogens is 3. The molecule has 0 saturated carbocycles. The minimum absolute atomic E-state index is 0.0340. The molecule has 1 saturated heterocycles. The highest BCUT2D eigenvalue weighted by Gasteiger charge is 2.29. The van der Waals surface area contributed by atoms with Crippen LogP contribution >= 0.6 is 23.1 Å². The van der Waals surface area contributed by atoms with Crippen molar-refractivity contribution in [2.75, 3.05) is 24.2 Å². The van der Waals surface area contributed by atoms with Crippen molar-refractivity contribution in [3.63, 3.8) is 0 Å². The molecule has 7 nitrogen and oxygen atoms in total. The lowest BCUT2D eigenvalue weighted by Crippen LogP contribution is -2.44. The largest absolute Gasteiger partial charge is 0.341 e. The molecule has 1 fully saturated rings. The SMILES string of the molecule is Cc1cc(C)cc(-n2ccnc2SCC(=O)N2CCCC(C(=O)Nc3nccs3)C2)c1. The van der Waals surface area contributed by atoms with Gasteiger partial charge in [0.15, 0.2) is 10.3 Å². The number of nitrogens with zero attached hydrogens (tertiary/aromatic N) is 4. The smallest absolute Gasteiger partial charge is 0.233 e. The first-order valence-electron chi connectivity index (χ1n) is 10.2. The van der Waals surface area contributed by atoms with Crippen molar-refractivity contribution < 1.29 is 9.59 Å². The van der Waals surface area contributed by atoms with Gasteiger partial charge in [0.05, 0.1) is 11.7 Å². The Balaban J connectivity index is 1.36. The normalized spacial score (nSPS) is 16.3. The zero-order chi connectivity index (χ0) is 21.8. The highest BCUT2D eigenvalue weighted by molar-refractivity contribution is 7.99. The highest BCUT2D eigenvalue weighted by Crippen LogP contribution is 2.24. The van der Waals surface area contributed by atoms with Gasteiger partial charge < -0.3 is 10.2 Å². The molecule has 2 amide bonds. The van der Waals surface area contributed by atoms with Gasteiger partial charge >= 0.3 is 0 Å². The van der Waals surface area contributed by atoms with E-state index in [2.05, 4.69) is 47.3 Å². The highest BCUT2D eigenvalue weighted by atomic mass is 32.2. The Labute approximate surface area is 189 Å². The quantitative estimate of drug-likeness (QED) is 0.570. The summed E-state index contributed by atoms with van der Waals surface area (Å²) in [5, 5.41) is 6.06. The average molecular weight is 456 g/mol. The Morgan fingerprint density at radius 3 is 2.74 bits per heavy atom. The molecule has 0 spiro atoms. The predicted molar refractivity (Wildman–Crippen MR) is 124 cm³/mol. The number of amides is 2. The summed E-state index contributed by atoms with van der Waals surface area (Å²) in [5.41, 5.74) is 3.42. The van der Waals surface area contributed by atoms with Crippen LogP contribution in [0.4, 0.5) is 5.13 Å². The number of nitrogens with one attached hydrogen (secondary N) is 1. The standard InChI is InChI=1S/C22H25N5O2S2/c1-15-10-16(2)12-18(11-15)27-8-5-24-22(27)31-14-19(28)26-7-3-4-17(13-26)20(29)25-21-23-6-9-30-21/h5-6,8-12,17H,3-4,7,13-14H2,1-2H3,(H,23,25,29). The van der Waals surface area contributed by atoms with E-state index in [0.29, 0.717) is 24.0 Å². The van der Waals surface area contributed by atoms with E-state index >= 15 is 0 Å². The number of carbonyl (C=O) groups is 2. The topological polar surface area (TPSA) is 80.1 Å². The number of anilines is 1. The van der Waals surface area contributed by atoms with Crippen LogP contribution in [0.2, 0.25) is 0 Å². The Bertz CT molecular complexity index is 1040. The molecule has 1 atom stereocenters. The zero-order valence-corrected chi connectivity index (χ0v) is 19.2. The molecule has 0 aliphatic carbocycles. The molecule has 1 aliphatic heterocycles. The number of thioether (sulfide) groups is 1. The maximum absolute atomic E-state index is 12.9. The maximum atomic E-state index is 12.9. The number of carbonyl (C=O) groups excluding carboxylic acids is 2. The van der Waals surface area contributed by atoms with Crippen LogP contribution in [0, 0.1) is 19.8 Å². The van der Waals surface area contributed by atoms with Crippen molar-refractivity contribution in [1.82, 2.24) is 19.4 Å². The first-order chi connectivity index (χ1) is 15.0. The van der Waals surface area contributed by atoms with Gasteiger partial charge in [-0.1, -0.05) is 17.8 Å². The molecule has 1 unspecified atom stereocenters. The average Bonchev–Trinajstić information content (AvgIpc) is 3.43. The van der Waals surface area contributed by atoms with Gasteiger partial charge in [0, 0.05) is 42.7 Å². The lowest BCUT2D eigenvalue weighted by Gasteiger charge is -2.31. The fraction of sp³-hybridized carbons (Fsp3) is 0.364. The molecule has 4 rings (SSSR count). The van der Waals surface area contributed by atoms with Crippen LogP contribution in [-0.2, 0) is 9.59 Å². The van der Waals surface area contributed by atoms with Gasteiger partial charge in [0.2, 0.25) is 11.8 Å². The number of rotatable bonds is 6. The second kappa shape index (κ2) is 9.65. The molecule has 2 aromatic heterocycles.